The summed E-state index contributed by atoms with van der Waals surface area (Å²) in [5, 5.41) is 6.53. The van der Waals surface area contributed by atoms with Crippen molar-refractivity contribution in [3.63, 3.8) is 0 Å². The SMILES string of the molecule is CCNC(=NCc1cccnc1N1CCOCC1)NCc1nc(C)c(C)o1.I. The second-order valence-corrected chi connectivity index (χ2v) is 6.38. The fourth-order valence-corrected chi connectivity index (χ4v) is 2.89. The van der Waals surface area contributed by atoms with Crippen LogP contribution in [0.4, 0.5) is 5.82 Å². The molecule has 0 bridgehead atoms. The summed E-state index contributed by atoms with van der Waals surface area (Å²) in [6, 6.07) is 4.03. The van der Waals surface area contributed by atoms with E-state index >= 15 is 0 Å². The van der Waals surface area contributed by atoms with Gasteiger partial charge in [0.1, 0.15) is 11.6 Å². The molecule has 0 amide bonds. The maximum Gasteiger partial charge on any atom is 0.214 e. The third kappa shape index (κ3) is 6.06. The first-order valence-electron chi connectivity index (χ1n) is 9.39. The smallest absolute Gasteiger partial charge is 0.214 e. The van der Waals surface area contributed by atoms with Gasteiger partial charge in [0.2, 0.25) is 5.89 Å². The Hall–Kier alpha value is -1.88. The quantitative estimate of drug-likeness (QED) is 0.358. The minimum Gasteiger partial charge on any atom is -0.444 e. The summed E-state index contributed by atoms with van der Waals surface area (Å²) in [5.74, 6) is 3.22. The third-order valence-corrected chi connectivity index (χ3v) is 4.41. The van der Waals surface area contributed by atoms with Gasteiger partial charge in [-0.05, 0) is 26.8 Å². The summed E-state index contributed by atoms with van der Waals surface area (Å²) in [4.78, 5) is 15.9. The molecular weight excluding hydrogens is 471 g/mol. The molecule has 0 aliphatic carbocycles. The van der Waals surface area contributed by atoms with Crippen molar-refractivity contribution in [2.24, 2.45) is 4.99 Å². The summed E-state index contributed by atoms with van der Waals surface area (Å²) >= 11 is 0. The molecule has 3 rings (SSSR count). The van der Waals surface area contributed by atoms with Gasteiger partial charge in [-0.1, -0.05) is 6.07 Å². The standard InChI is InChI=1S/C19H28N6O2.HI/c1-4-20-19(23-13-17-24-14(2)15(3)27-17)22-12-16-6-5-7-21-18(16)25-8-10-26-11-9-25;/h5-7H,4,8-13H2,1-3H3,(H2,20,22,23);1H. The highest BCUT2D eigenvalue weighted by Gasteiger charge is 2.15. The van der Waals surface area contributed by atoms with E-state index in [9.17, 15) is 0 Å². The van der Waals surface area contributed by atoms with E-state index in [0.29, 0.717) is 19.0 Å². The number of ether oxygens (including phenoxy) is 1. The van der Waals surface area contributed by atoms with Crippen LogP contribution < -0.4 is 15.5 Å². The van der Waals surface area contributed by atoms with Gasteiger partial charge in [-0.3, -0.25) is 0 Å². The summed E-state index contributed by atoms with van der Waals surface area (Å²) in [6.45, 7) is 10.9. The molecule has 1 aliphatic heterocycles. The molecule has 0 atom stereocenters. The van der Waals surface area contributed by atoms with Crippen molar-refractivity contribution in [2.45, 2.75) is 33.9 Å². The van der Waals surface area contributed by atoms with Crippen LogP contribution in [0.2, 0.25) is 0 Å². The Morgan fingerprint density at radius 3 is 2.71 bits per heavy atom. The average Bonchev–Trinajstić information content (AvgIpc) is 3.02. The van der Waals surface area contributed by atoms with Crippen LogP contribution in [-0.2, 0) is 17.8 Å². The Labute approximate surface area is 183 Å². The van der Waals surface area contributed by atoms with Crippen molar-refractivity contribution >= 4 is 35.8 Å². The van der Waals surface area contributed by atoms with Crippen molar-refractivity contribution in [3.8, 4) is 0 Å². The predicted octanol–water partition coefficient (Wildman–Crippen LogP) is 2.40. The largest absolute Gasteiger partial charge is 0.444 e. The normalized spacial score (nSPS) is 14.5. The van der Waals surface area contributed by atoms with E-state index in [1.54, 1.807) is 0 Å². The van der Waals surface area contributed by atoms with E-state index in [4.69, 9.17) is 14.1 Å². The van der Waals surface area contributed by atoms with Crippen molar-refractivity contribution in [1.82, 2.24) is 20.6 Å². The number of anilines is 1. The van der Waals surface area contributed by atoms with Gasteiger partial charge in [0.05, 0.1) is 32.0 Å². The molecular formula is C19H29IN6O2. The zero-order valence-corrected chi connectivity index (χ0v) is 19.0. The Morgan fingerprint density at radius 2 is 2.04 bits per heavy atom. The zero-order valence-electron chi connectivity index (χ0n) is 16.7. The van der Waals surface area contributed by atoms with Crippen LogP contribution in [0.1, 0.15) is 29.8 Å². The van der Waals surface area contributed by atoms with Gasteiger partial charge in [0, 0.05) is 31.4 Å². The number of aryl methyl sites for hydroxylation is 2. The van der Waals surface area contributed by atoms with Gasteiger partial charge in [0.25, 0.3) is 0 Å². The molecule has 1 saturated heterocycles. The van der Waals surface area contributed by atoms with Crippen LogP contribution in [0.5, 0.6) is 0 Å². The maximum atomic E-state index is 5.62. The highest BCUT2D eigenvalue weighted by Crippen LogP contribution is 2.19. The number of nitrogens with one attached hydrogen (secondary N) is 2. The van der Waals surface area contributed by atoms with Crippen molar-refractivity contribution in [1.29, 1.82) is 0 Å². The second-order valence-electron chi connectivity index (χ2n) is 6.38. The van der Waals surface area contributed by atoms with E-state index in [1.807, 2.05) is 33.0 Å². The minimum atomic E-state index is 0. The van der Waals surface area contributed by atoms with Crippen LogP contribution in [0.25, 0.3) is 0 Å². The Balaban J connectivity index is 0.00000280. The molecule has 0 aromatic carbocycles. The van der Waals surface area contributed by atoms with Gasteiger partial charge < -0.3 is 24.7 Å². The summed E-state index contributed by atoms with van der Waals surface area (Å²) in [7, 11) is 0. The molecule has 2 aromatic rings. The average molecular weight is 500 g/mol. The van der Waals surface area contributed by atoms with Crippen molar-refractivity contribution < 1.29 is 9.15 Å². The summed E-state index contributed by atoms with van der Waals surface area (Å²) in [6.07, 6.45) is 1.83. The van der Waals surface area contributed by atoms with E-state index in [0.717, 1.165) is 61.6 Å². The van der Waals surface area contributed by atoms with Crippen LogP contribution in [-0.4, -0.2) is 48.8 Å². The first-order chi connectivity index (χ1) is 13.2. The fourth-order valence-electron chi connectivity index (χ4n) is 2.89. The molecule has 28 heavy (non-hydrogen) atoms. The lowest BCUT2D eigenvalue weighted by molar-refractivity contribution is 0.122. The van der Waals surface area contributed by atoms with Crippen molar-refractivity contribution in [2.75, 3.05) is 37.7 Å². The van der Waals surface area contributed by atoms with Crippen LogP contribution >= 0.6 is 24.0 Å². The molecule has 1 aliphatic rings. The highest BCUT2D eigenvalue weighted by atomic mass is 127. The number of oxazole rings is 1. The maximum absolute atomic E-state index is 5.62. The molecule has 8 nitrogen and oxygen atoms in total. The number of rotatable bonds is 6. The first kappa shape index (κ1) is 22.4. The predicted molar refractivity (Wildman–Crippen MR) is 120 cm³/mol. The van der Waals surface area contributed by atoms with E-state index in [1.165, 1.54) is 0 Å². The summed E-state index contributed by atoms with van der Waals surface area (Å²) in [5.41, 5.74) is 2.01. The van der Waals surface area contributed by atoms with E-state index < -0.39 is 0 Å². The van der Waals surface area contributed by atoms with Gasteiger partial charge >= 0.3 is 0 Å². The van der Waals surface area contributed by atoms with E-state index in [2.05, 4.69) is 31.6 Å². The molecule has 1 fully saturated rings. The molecule has 3 heterocycles. The number of hydrogen-bond donors (Lipinski definition) is 2. The monoisotopic (exact) mass is 500 g/mol. The number of morpholine rings is 1. The fraction of sp³-hybridized carbons (Fsp3) is 0.526. The molecule has 9 heteroatoms. The number of nitrogens with zero attached hydrogens (tertiary/aromatic N) is 4. The molecule has 0 radical (unpaired) electrons. The lowest BCUT2D eigenvalue weighted by Crippen LogP contribution is -2.38. The molecule has 0 saturated carbocycles. The lowest BCUT2D eigenvalue weighted by atomic mass is 10.2. The minimum absolute atomic E-state index is 0. The third-order valence-electron chi connectivity index (χ3n) is 4.41. The van der Waals surface area contributed by atoms with E-state index in [-0.39, 0.29) is 24.0 Å². The number of pyridine rings is 1. The Morgan fingerprint density at radius 1 is 1.25 bits per heavy atom. The molecule has 0 spiro atoms. The van der Waals surface area contributed by atoms with Gasteiger partial charge in [0.15, 0.2) is 5.96 Å². The molecule has 0 unspecified atom stereocenters. The van der Waals surface area contributed by atoms with Crippen molar-refractivity contribution in [3.05, 3.63) is 41.2 Å². The number of guanidine groups is 1. The van der Waals surface area contributed by atoms with Crippen LogP contribution in [0.3, 0.4) is 0 Å². The highest BCUT2D eigenvalue weighted by molar-refractivity contribution is 14.0. The zero-order chi connectivity index (χ0) is 19.1. The number of aliphatic imine (C=N–C) groups is 1. The van der Waals surface area contributed by atoms with Gasteiger partial charge in [-0.25, -0.2) is 15.0 Å². The number of aromatic nitrogens is 2. The number of hydrogen-bond acceptors (Lipinski definition) is 6. The van der Waals surface area contributed by atoms with Gasteiger partial charge in [-0.15, -0.1) is 24.0 Å². The lowest BCUT2D eigenvalue weighted by Gasteiger charge is -2.29. The van der Waals surface area contributed by atoms with Crippen LogP contribution in [0.15, 0.2) is 27.7 Å². The first-order valence-corrected chi connectivity index (χ1v) is 9.39. The molecule has 154 valence electrons. The summed E-state index contributed by atoms with van der Waals surface area (Å²) < 4.78 is 11.1. The second kappa shape index (κ2) is 11.2. The number of halogens is 1. The Kier molecular flexibility index (Phi) is 8.97. The molecule has 2 aromatic heterocycles. The molecule has 2 N–H and O–H groups in total. The topological polar surface area (TPSA) is 87.8 Å². The van der Waals surface area contributed by atoms with Gasteiger partial charge in [-0.2, -0.15) is 0 Å². The van der Waals surface area contributed by atoms with Crippen LogP contribution in [0, 0.1) is 13.8 Å². The Bertz CT molecular complexity index is 754.